The Balaban J connectivity index is 3.20. The third-order valence-corrected chi connectivity index (χ3v) is 1.29. The van der Waals surface area contributed by atoms with Crippen molar-refractivity contribution in [2.24, 2.45) is 0 Å². The molecule has 0 fully saturated rings. The quantitative estimate of drug-likeness (QED) is 0.358. The van der Waals surface area contributed by atoms with Gasteiger partial charge in [0.15, 0.2) is 0 Å². The number of ether oxygens (including phenoxy) is 1. The second-order valence-electron chi connectivity index (χ2n) is 2.42. The number of rotatable bonds is 5. The molecule has 0 saturated carbocycles. The Hall–Kier alpha value is -1.05. The van der Waals surface area contributed by atoms with Crippen molar-refractivity contribution in [1.82, 2.24) is 0 Å². The predicted molar refractivity (Wildman–Crippen MR) is 49.8 cm³/mol. The van der Waals surface area contributed by atoms with Gasteiger partial charge in [-0.15, -0.1) is 0 Å². The van der Waals surface area contributed by atoms with Crippen molar-refractivity contribution in [1.29, 1.82) is 0 Å². The second kappa shape index (κ2) is 8.05. The van der Waals surface area contributed by atoms with Crippen LogP contribution in [-0.4, -0.2) is 12.6 Å². The van der Waals surface area contributed by atoms with Gasteiger partial charge in [-0.25, -0.2) is 0 Å². The first kappa shape index (κ1) is 11.0. The van der Waals surface area contributed by atoms with Gasteiger partial charge in [-0.1, -0.05) is 24.3 Å². The Morgan fingerprint density at radius 2 is 1.92 bits per heavy atom. The fourth-order valence-electron chi connectivity index (χ4n) is 0.710. The van der Waals surface area contributed by atoms with Gasteiger partial charge in [0.05, 0.1) is 0 Å². The molecule has 0 heterocycles. The highest BCUT2D eigenvalue weighted by Crippen LogP contribution is 1.92. The monoisotopic (exact) mass is 168 g/mol. The maximum atomic E-state index is 10.3. The molecule has 0 aromatic heterocycles. The van der Waals surface area contributed by atoms with E-state index in [9.17, 15) is 4.79 Å². The molecular weight excluding hydrogens is 152 g/mol. The molecular formula is C10H16O2. The van der Waals surface area contributed by atoms with Crippen LogP contribution in [0, 0.1) is 0 Å². The van der Waals surface area contributed by atoms with Crippen molar-refractivity contribution in [3.8, 4) is 0 Å². The topological polar surface area (TPSA) is 26.3 Å². The van der Waals surface area contributed by atoms with Crippen LogP contribution in [0.15, 0.2) is 24.3 Å². The van der Waals surface area contributed by atoms with Gasteiger partial charge in [-0.2, -0.15) is 0 Å². The van der Waals surface area contributed by atoms with Crippen LogP contribution < -0.4 is 0 Å². The molecule has 12 heavy (non-hydrogen) atoms. The lowest BCUT2D eigenvalue weighted by molar-refractivity contribution is -0.139. The third kappa shape index (κ3) is 8.95. The van der Waals surface area contributed by atoms with Gasteiger partial charge < -0.3 is 4.74 Å². The molecule has 0 saturated heterocycles. The zero-order valence-electron chi connectivity index (χ0n) is 7.75. The standard InChI is InChI=1S/C10H16O2/c1-3-4-5-6-7-8-9-12-10(2)11/h3-4,7-8H,5-6,9H2,1-2H3/b4-3?,8-7-. The number of esters is 1. The van der Waals surface area contributed by atoms with E-state index in [0.717, 1.165) is 12.8 Å². The summed E-state index contributed by atoms with van der Waals surface area (Å²) < 4.78 is 4.70. The fraction of sp³-hybridized carbons (Fsp3) is 0.500. The van der Waals surface area contributed by atoms with Crippen LogP contribution in [0.25, 0.3) is 0 Å². The van der Waals surface area contributed by atoms with Crippen molar-refractivity contribution >= 4 is 5.97 Å². The summed E-state index contributed by atoms with van der Waals surface area (Å²) in [6, 6.07) is 0. The molecule has 0 N–H and O–H groups in total. The van der Waals surface area contributed by atoms with E-state index < -0.39 is 0 Å². The molecule has 0 aliphatic rings. The van der Waals surface area contributed by atoms with Gasteiger partial charge >= 0.3 is 5.97 Å². The summed E-state index contributed by atoms with van der Waals surface area (Å²) in [4.78, 5) is 10.3. The number of unbranched alkanes of at least 4 members (excludes halogenated alkanes) is 1. The fourth-order valence-corrected chi connectivity index (χ4v) is 0.710. The van der Waals surface area contributed by atoms with Crippen molar-refractivity contribution < 1.29 is 9.53 Å². The maximum absolute atomic E-state index is 10.3. The lowest BCUT2D eigenvalue weighted by Gasteiger charge is -1.93. The van der Waals surface area contributed by atoms with Crippen LogP contribution in [0.4, 0.5) is 0 Å². The second-order valence-corrected chi connectivity index (χ2v) is 2.42. The van der Waals surface area contributed by atoms with E-state index in [1.165, 1.54) is 6.92 Å². The van der Waals surface area contributed by atoms with Crippen LogP contribution in [0.2, 0.25) is 0 Å². The third-order valence-electron chi connectivity index (χ3n) is 1.29. The Morgan fingerprint density at radius 3 is 2.50 bits per heavy atom. The van der Waals surface area contributed by atoms with Crippen molar-refractivity contribution in [3.63, 3.8) is 0 Å². The van der Waals surface area contributed by atoms with Crippen LogP contribution in [-0.2, 0) is 9.53 Å². The molecule has 0 aliphatic carbocycles. The van der Waals surface area contributed by atoms with E-state index in [0.29, 0.717) is 6.61 Å². The molecule has 0 rings (SSSR count). The number of allylic oxidation sites excluding steroid dienone is 3. The van der Waals surface area contributed by atoms with E-state index in [2.05, 4.69) is 6.08 Å². The molecule has 0 spiro atoms. The van der Waals surface area contributed by atoms with Gasteiger partial charge in [0.1, 0.15) is 6.61 Å². The Kier molecular flexibility index (Phi) is 7.35. The molecule has 0 aliphatic heterocycles. The lowest BCUT2D eigenvalue weighted by atomic mass is 10.3. The molecule has 0 radical (unpaired) electrons. The summed E-state index contributed by atoms with van der Waals surface area (Å²) in [6.45, 7) is 3.81. The summed E-state index contributed by atoms with van der Waals surface area (Å²) in [6.07, 6.45) is 10.1. The molecule has 68 valence electrons. The number of hydrogen-bond donors (Lipinski definition) is 0. The summed E-state index contributed by atoms with van der Waals surface area (Å²) >= 11 is 0. The average Bonchev–Trinajstić information content (AvgIpc) is 2.02. The van der Waals surface area contributed by atoms with Crippen LogP contribution in [0.5, 0.6) is 0 Å². The number of carbonyl (C=O) groups excluding carboxylic acids is 1. The Labute approximate surface area is 73.9 Å². The summed E-state index contributed by atoms with van der Waals surface area (Å²) in [5.74, 6) is -0.229. The zero-order chi connectivity index (χ0) is 9.23. The zero-order valence-corrected chi connectivity index (χ0v) is 7.75. The van der Waals surface area contributed by atoms with Gasteiger partial charge in [-0.05, 0) is 19.8 Å². The minimum atomic E-state index is -0.229. The van der Waals surface area contributed by atoms with E-state index >= 15 is 0 Å². The van der Waals surface area contributed by atoms with Gasteiger partial charge in [0.2, 0.25) is 0 Å². The maximum Gasteiger partial charge on any atom is 0.302 e. The minimum absolute atomic E-state index is 0.229. The van der Waals surface area contributed by atoms with Gasteiger partial charge in [-0.3, -0.25) is 4.79 Å². The van der Waals surface area contributed by atoms with E-state index in [4.69, 9.17) is 4.74 Å². The molecule has 0 amide bonds. The van der Waals surface area contributed by atoms with Crippen LogP contribution in [0.1, 0.15) is 26.7 Å². The molecule has 0 aromatic rings. The molecule has 0 aromatic carbocycles. The minimum Gasteiger partial charge on any atom is -0.462 e. The first-order chi connectivity index (χ1) is 5.77. The normalized spacial score (nSPS) is 11.2. The molecule has 2 heteroatoms. The first-order valence-electron chi connectivity index (χ1n) is 4.17. The molecule has 0 atom stereocenters. The van der Waals surface area contributed by atoms with Crippen molar-refractivity contribution in [2.75, 3.05) is 6.61 Å². The predicted octanol–water partition coefficient (Wildman–Crippen LogP) is 2.46. The summed E-state index contributed by atoms with van der Waals surface area (Å²) in [5, 5.41) is 0. The first-order valence-corrected chi connectivity index (χ1v) is 4.17. The Morgan fingerprint density at radius 1 is 1.25 bits per heavy atom. The highest BCUT2D eigenvalue weighted by molar-refractivity contribution is 5.65. The Bertz CT molecular complexity index is 169. The van der Waals surface area contributed by atoms with Crippen LogP contribution in [0.3, 0.4) is 0 Å². The smallest absolute Gasteiger partial charge is 0.302 e. The van der Waals surface area contributed by atoms with Gasteiger partial charge in [0, 0.05) is 6.92 Å². The van der Waals surface area contributed by atoms with E-state index in [1.54, 1.807) is 0 Å². The van der Waals surface area contributed by atoms with E-state index in [1.807, 2.05) is 25.2 Å². The average molecular weight is 168 g/mol. The molecule has 0 bridgehead atoms. The molecule has 0 unspecified atom stereocenters. The highest BCUT2D eigenvalue weighted by Gasteiger charge is 1.85. The van der Waals surface area contributed by atoms with Crippen molar-refractivity contribution in [2.45, 2.75) is 26.7 Å². The largest absolute Gasteiger partial charge is 0.462 e. The summed E-state index contributed by atoms with van der Waals surface area (Å²) in [7, 11) is 0. The van der Waals surface area contributed by atoms with Crippen molar-refractivity contribution in [3.05, 3.63) is 24.3 Å². The number of carbonyl (C=O) groups is 1. The van der Waals surface area contributed by atoms with Crippen LogP contribution >= 0.6 is 0 Å². The summed E-state index contributed by atoms with van der Waals surface area (Å²) in [5.41, 5.74) is 0. The highest BCUT2D eigenvalue weighted by atomic mass is 16.5. The number of hydrogen-bond acceptors (Lipinski definition) is 2. The molecule has 2 nitrogen and oxygen atoms in total. The van der Waals surface area contributed by atoms with E-state index in [-0.39, 0.29) is 5.97 Å². The SMILES string of the molecule is CC=CCC/C=C\COC(C)=O. The van der Waals surface area contributed by atoms with Gasteiger partial charge in [0.25, 0.3) is 0 Å². The lowest BCUT2D eigenvalue weighted by Crippen LogP contribution is -1.97.